The van der Waals surface area contributed by atoms with Gasteiger partial charge in [0.05, 0.1) is 5.69 Å². The van der Waals surface area contributed by atoms with Crippen LogP contribution < -0.4 is 10.1 Å². The summed E-state index contributed by atoms with van der Waals surface area (Å²) in [6, 6.07) is 12.7. The third-order valence-electron chi connectivity index (χ3n) is 3.51. The highest BCUT2D eigenvalue weighted by molar-refractivity contribution is 6.30. The van der Waals surface area contributed by atoms with Gasteiger partial charge in [-0.2, -0.15) is 0 Å². The van der Waals surface area contributed by atoms with Crippen molar-refractivity contribution < 1.29 is 23.5 Å². The van der Waals surface area contributed by atoms with E-state index in [1.807, 2.05) is 6.07 Å². The van der Waals surface area contributed by atoms with Gasteiger partial charge in [0.15, 0.2) is 12.2 Å². The van der Waals surface area contributed by atoms with Crippen LogP contribution in [0.3, 0.4) is 0 Å². The van der Waals surface area contributed by atoms with Crippen LogP contribution in [0.15, 0.2) is 48.5 Å². The summed E-state index contributed by atoms with van der Waals surface area (Å²) in [5.74, 6) is -1.48. The Morgan fingerprint density at radius 2 is 1.88 bits per heavy atom. The number of benzene rings is 2. The number of hydrogen-bond acceptors (Lipinski definition) is 4. The zero-order valence-corrected chi connectivity index (χ0v) is 15.1. The van der Waals surface area contributed by atoms with E-state index in [9.17, 15) is 14.0 Å². The highest BCUT2D eigenvalue weighted by atomic mass is 35.5. The van der Waals surface area contributed by atoms with Crippen molar-refractivity contribution in [2.45, 2.75) is 32.5 Å². The molecule has 2 aromatic rings. The Kier molecular flexibility index (Phi) is 6.97. The SMILES string of the molecule is CC[C@@H](Oc1ccccc1)C(=O)O[C@H](C)C(=O)Nc1ccc(Cl)cc1F. The molecule has 2 aromatic carbocycles. The maximum absolute atomic E-state index is 13.7. The molecule has 7 heteroatoms. The average molecular weight is 380 g/mol. The highest BCUT2D eigenvalue weighted by Gasteiger charge is 2.25. The summed E-state index contributed by atoms with van der Waals surface area (Å²) in [4.78, 5) is 24.4. The molecule has 0 radical (unpaired) electrons. The number of hydrogen-bond donors (Lipinski definition) is 1. The Hall–Kier alpha value is -2.60. The zero-order chi connectivity index (χ0) is 19.1. The Morgan fingerprint density at radius 3 is 2.50 bits per heavy atom. The number of esters is 1. The first kappa shape index (κ1) is 19.7. The van der Waals surface area contributed by atoms with Gasteiger partial charge in [-0.15, -0.1) is 0 Å². The minimum atomic E-state index is -1.12. The molecule has 26 heavy (non-hydrogen) atoms. The molecule has 0 saturated carbocycles. The molecule has 0 bridgehead atoms. The summed E-state index contributed by atoms with van der Waals surface area (Å²) in [7, 11) is 0. The van der Waals surface area contributed by atoms with Crippen molar-refractivity contribution >= 4 is 29.2 Å². The third kappa shape index (κ3) is 5.46. The molecular weight excluding hydrogens is 361 g/mol. The fraction of sp³-hybridized carbons (Fsp3) is 0.263. The summed E-state index contributed by atoms with van der Waals surface area (Å²) in [6.45, 7) is 3.17. The van der Waals surface area contributed by atoms with Crippen LogP contribution >= 0.6 is 11.6 Å². The van der Waals surface area contributed by atoms with Crippen molar-refractivity contribution in [2.24, 2.45) is 0 Å². The molecule has 0 saturated heterocycles. The number of amides is 1. The lowest BCUT2D eigenvalue weighted by Gasteiger charge is -2.19. The largest absolute Gasteiger partial charge is 0.479 e. The third-order valence-corrected chi connectivity index (χ3v) is 3.74. The van der Waals surface area contributed by atoms with Crippen molar-refractivity contribution in [3.05, 3.63) is 59.4 Å². The molecule has 0 aliphatic heterocycles. The van der Waals surface area contributed by atoms with Crippen molar-refractivity contribution in [1.29, 1.82) is 0 Å². The fourth-order valence-electron chi connectivity index (χ4n) is 2.09. The van der Waals surface area contributed by atoms with E-state index in [4.69, 9.17) is 21.1 Å². The minimum Gasteiger partial charge on any atom is -0.479 e. The van der Waals surface area contributed by atoms with Crippen molar-refractivity contribution in [3.63, 3.8) is 0 Å². The smallest absolute Gasteiger partial charge is 0.348 e. The molecule has 2 rings (SSSR count). The van der Waals surface area contributed by atoms with E-state index < -0.39 is 29.9 Å². The van der Waals surface area contributed by atoms with Gasteiger partial charge in [-0.3, -0.25) is 4.79 Å². The van der Waals surface area contributed by atoms with E-state index in [0.29, 0.717) is 12.2 Å². The number of halogens is 2. The van der Waals surface area contributed by atoms with Crippen LogP contribution in [-0.4, -0.2) is 24.1 Å². The van der Waals surface area contributed by atoms with E-state index in [-0.39, 0.29) is 10.7 Å². The lowest BCUT2D eigenvalue weighted by atomic mass is 10.2. The summed E-state index contributed by atoms with van der Waals surface area (Å²) in [6.07, 6.45) is -1.60. The van der Waals surface area contributed by atoms with Gasteiger partial charge in [-0.25, -0.2) is 9.18 Å². The van der Waals surface area contributed by atoms with E-state index in [1.165, 1.54) is 19.1 Å². The van der Waals surface area contributed by atoms with Crippen LogP contribution in [0.4, 0.5) is 10.1 Å². The summed E-state index contributed by atoms with van der Waals surface area (Å²) in [5.41, 5.74) is -0.0464. The number of para-hydroxylation sites is 1. The molecule has 0 unspecified atom stereocenters. The number of anilines is 1. The lowest BCUT2D eigenvalue weighted by Crippen LogP contribution is -2.36. The van der Waals surface area contributed by atoms with E-state index in [1.54, 1.807) is 31.2 Å². The second-order valence-corrected chi connectivity index (χ2v) is 5.96. The van der Waals surface area contributed by atoms with Crippen LogP contribution in [0.5, 0.6) is 5.75 Å². The predicted molar refractivity (Wildman–Crippen MR) is 96.7 cm³/mol. The second kappa shape index (κ2) is 9.20. The Balaban J connectivity index is 1.94. The maximum atomic E-state index is 13.7. The molecule has 138 valence electrons. The second-order valence-electron chi connectivity index (χ2n) is 5.52. The van der Waals surface area contributed by atoms with Crippen molar-refractivity contribution in [2.75, 3.05) is 5.32 Å². The zero-order valence-electron chi connectivity index (χ0n) is 14.4. The van der Waals surface area contributed by atoms with Gasteiger partial charge in [-0.1, -0.05) is 36.7 Å². The molecule has 0 aliphatic rings. The van der Waals surface area contributed by atoms with E-state index >= 15 is 0 Å². The van der Waals surface area contributed by atoms with Crippen LogP contribution in [0.2, 0.25) is 5.02 Å². The van der Waals surface area contributed by atoms with Crippen LogP contribution in [0.1, 0.15) is 20.3 Å². The predicted octanol–water partition coefficient (Wildman–Crippen LogP) is 4.21. The molecule has 0 aliphatic carbocycles. The summed E-state index contributed by atoms with van der Waals surface area (Å²) < 4.78 is 24.5. The Labute approximate surface area is 156 Å². The first-order chi connectivity index (χ1) is 12.4. The number of ether oxygens (including phenoxy) is 2. The lowest BCUT2D eigenvalue weighted by molar-refractivity contribution is -0.160. The highest BCUT2D eigenvalue weighted by Crippen LogP contribution is 2.19. The van der Waals surface area contributed by atoms with Gasteiger partial charge < -0.3 is 14.8 Å². The van der Waals surface area contributed by atoms with Gasteiger partial charge in [0.2, 0.25) is 0 Å². The van der Waals surface area contributed by atoms with Crippen LogP contribution in [0.25, 0.3) is 0 Å². The first-order valence-corrected chi connectivity index (χ1v) is 8.46. The monoisotopic (exact) mass is 379 g/mol. The minimum absolute atomic E-state index is 0.0464. The quantitative estimate of drug-likeness (QED) is 0.732. The van der Waals surface area contributed by atoms with Crippen LogP contribution in [-0.2, 0) is 14.3 Å². The number of nitrogens with one attached hydrogen (secondary N) is 1. The first-order valence-electron chi connectivity index (χ1n) is 8.08. The van der Waals surface area contributed by atoms with Gasteiger partial charge in [0.1, 0.15) is 11.6 Å². The van der Waals surface area contributed by atoms with E-state index in [0.717, 1.165) is 6.07 Å². The summed E-state index contributed by atoms with van der Waals surface area (Å²) >= 11 is 5.67. The molecule has 0 heterocycles. The van der Waals surface area contributed by atoms with Crippen molar-refractivity contribution in [1.82, 2.24) is 0 Å². The molecular formula is C19H19ClFNO4. The molecule has 2 atom stereocenters. The number of rotatable bonds is 7. The normalized spacial score (nSPS) is 12.8. The number of carbonyl (C=O) groups is 2. The Morgan fingerprint density at radius 1 is 1.19 bits per heavy atom. The molecule has 1 N–H and O–H groups in total. The van der Waals surface area contributed by atoms with Gasteiger partial charge in [0, 0.05) is 5.02 Å². The van der Waals surface area contributed by atoms with Gasteiger partial charge >= 0.3 is 5.97 Å². The fourth-order valence-corrected chi connectivity index (χ4v) is 2.25. The molecule has 1 amide bonds. The summed E-state index contributed by atoms with van der Waals surface area (Å²) in [5, 5.41) is 2.57. The standard InChI is InChI=1S/C19H19ClFNO4/c1-3-17(26-14-7-5-4-6-8-14)19(24)25-12(2)18(23)22-16-10-9-13(20)11-15(16)21/h4-12,17H,3H2,1-2H3,(H,22,23)/t12-,17-/m1/s1. The van der Waals surface area contributed by atoms with Gasteiger partial charge in [-0.05, 0) is 43.7 Å². The molecule has 0 spiro atoms. The Bertz CT molecular complexity index is 769. The topological polar surface area (TPSA) is 64.6 Å². The number of carbonyl (C=O) groups excluding carboxylic acids is 2. The maximum Gasteiger partial charge on any atom is 0.348 e. The molecule has 0 fully saturated rings. The average Bonchev–Trinajstić information content (AvgIpc) is 2.62. The molecule has 0 aromatic heterocycles. The van der Waals surface area contributed by atoms with Crippen LogP contribution in [0, 0.1) is 5.82 Å². The molecule has 5 nitrogen and oxygen atoms in total. The van der Waals surface area contributed by atoms with Crippen molar-refractivity contribution in [3.8, 4) is 5.75 Å². The van der Waals surface area contributed by atoms with Gasteiger partial charge in [0.25, 0.3) is 5.91 Å². The van der Waals surface area contributed by atoms with E-state index in [2.05, 4.69) is 5.32 Å².